The van der Waals surface area contributed by atoms with Gasteiger partial charge in [-0.3, -0.25) is 0 Å². The van der Waals surface area contributed by atoms with E-state index in [-0.39, 0.29) is 0 Å². The van der Waals surface area contributed by atoms with Crippen molar-refractivity contribution in [3.8, 4) is 0 Å². The maximum absolute atomic E-state index is 4.21. The molecule has 15 heavy (non-hydrogen) atoms. The van der Waals surface area contributed by atoms with Gasteiger partial charge in [-0.05, 0) is 14.1 Å². The molecule has 6 heteroatoms. The standard InChI is InChI=1S/C7H9N5.C2H7N/c1-12(2)7-8-3-5-6(11-7)10-4-9-5;1-3-2/h3-4H,1-2H3,(H,8,9,10,11);3H,1-2H3. The van der Waals surface area contributed by atoms with E-state index < -0.39 is 0 Å². The average molecular weight is 208 g/mol. The number of imidazole rings is 1. The van der Waals surface area contributed by atoms with E-state index in [1.54, 1.807) is 12.5 Å². The van der Waals surface area contributed by atoms with Crippen molar-refractivity contribution in [1.82, 2.24) is 25.3 Å². The topological polar surface area (TPSA) is 69.7 Å². The van der Waals surface area contributed by atoms with Crippen molar-refractivity contribution >= 4 is 17.1 Å². The number of nitrogens with zero attached hydrogens (tertiary/aromatic N) is 4. The fraction of sp³-hybridized carbons (Fsp3) is 0.444. The maximum atomic E-state index is 4.21. The van der Waals surface area contributed by atoms with Crippen molar-refractivity contribution in [2.24, 2.45) is 0 Å². The number of H-pyrrole nitrogens is 1. The second kappa shape index (κ2) is 5.26. The van der Waals surface area contributed by atoms with Gasteiger partial charge in [0.1, 0.15) is 5.52 Å². The summed E-state index contributed by atoms with van der Waals surface area (Å²) in [6.07, 6.45) is 3.34. The molecule has 0 aliphatic rings. The molecule has 6 nitrogen and oxygen atoms in total. The maximum Gasteiger partial charge on any atom is 0.226 e. The molecular formula is C9H16N6. The third kappa shape index (κ3) is 2.88. The number of fused-ring (bicyclic) bond motifs is 1. The average Bonchev–Trinajstić information content (AvgIpc) is 2.65. The second-order valence-electron chi connectivity index (χ2n) is 3.20. The Hall–Kier alpha value is -1.69. The molecule has 0 radical (unpaired) electrons. The minimum absolute atomic E-state index is 0.676. The minimum atomic E-state index is 0.676. The van der Waals surface area contributed by atoms with E-state index in [2.05, 4.69) is 25.3 Å². The van der Waals surface area contributed by atoms with E-state index in [1.165, 1.54) is 0 Å². The van der Waals surface area contributed by atoms with Crippen LogP contribution < -0.4 is 10.2 Å². The van der Waals surface area contributed by atoms with Gasteiger partial charge in [-0.15, -0.1) is 0 Å². The van der Waals surface area contributed by atoms with Gasteiger partial charge in [0.2, 0.25) is 5.95 Å². The molecule has 0 aliphatic heterocycles. The quantitative estimate of drug-likeness (QED) is 0.703. The number of hydrogen-bond donors (Lipinski definition) is 2. The number of aromatic amines is 1. The Balaban J connectivity index is 0.000000337. The van der Waals surface area contributed by atoms with Crippen LogP contribution in [0.25, 0.3) is 11.2 Å². The summed E-state index contributed by atoms with van der Waals surface area (Å²) in [5.74, 6) is 0.676. The Bertz CT molecular complexity index is 408. The lowest BCUT2D eigenvalue weighted by Gasteiger charge is -2.07. The zero-order valence-corrected chi connectivity index (χ0v) is 9.44. The highest BCUT2D eigenvalue weighted by atomic mass is 15.2. The van der Waals surface area contributed by atoms with Gasteiger partial charge in [0.25, 0.3) is 0 Å². The van der Waals surface area contributed by atoms with Crippen molar-refractivity contribution in [1.29, 1.82) is 0 Å². The zero-order chi connectivity index (χ0) is 11.3. The van der Waals surface area contributed by atoms with E-state index in [1.807, 2.05) is 33.1 Å². The molecule has 0 atom stereocenters. The first-order valence-corrected chi connectivity index (χ1v) is 4.61. The smallest absolute Gasteiger partial charge is 0.226 e. The van der Waals surface area contributed by atoms with Gasteiger partial charge in [0.05, 0.1) is 12.5 Å². The molecule has 2 heterocycles. The van der Waals surface area contributed by atoms with Crippen LogP contribution in [0, 0.1) is 0 Å². The highest BCUT2D eigenvalue weighted by Gasteiger charge is 2.01. The lowest BCUT2D eigenvalue weighted by atomic mass is 10.5. The molecule has 0 spiro atoms. The first kappa shape index (κ1) is 11.4. The van der Waals surface area contributed by atoms with Crippen LogP contribution in [0.3, 0.4) is 0 Å². The Morgan fingerprint density at radius 2 is 1.93 bits per heavy atom. The highest BCUT2D eigenvalue weighted by Crippen LogP contribution is 2.08. The van der Waals surface area contributed by atoms with E-state index in [9.17, 15) is 0 Å². The van der Waals surface area contributed by atoms with Crippen molar-refractivity contribution in [3.05, 3.63) is 12.5 Å². The van der Waals surface area contributed by atoms with Crippen LogP contribution in [0.5, 0.6) is 0 Å². The highest BCUT2D eigenvalue weighted by molar-refractivity contribution is 5.69. The molecule has 2 N–H and O–H groups in total. The van der Waals surface area contributed by atoms with E-state index in [4.69, 9.17) is 0 Å². The van der Waals surface area contributed by atoms with Crippen LogP contribution in [0.2, 0.25) is 0 Å². The van der Waals surface area contributed by atoms with Crippen LogP contribution in [-0.2, 0) is 0 Å². The third-order valence-corrected chi connectivity index (χ3v) is 1.56. The van der Waals surface area contributed by atoms with Crippen molar-refractivity contribution in [3.63, 3.8) is 0 Å². The molecule has 0 amide bonds. The molecule has 0 fully saturated rings. The minimum Gasteiger partial charge on any atom is -0.347 e. The summed E-state index contributed by atoms with van der Waals surface area (Å²) in [4.78, 5) is 17.1. The summed E-state index contributed by atoms with van der Waals surface area (Å²) in [7, 11) is 7.54. The largest absolute Gasteiger partial charge is 0.347 e. The van der Waals surface area contributed by atoms with Gasteiger partial charge < -0.3 is 15.2 Å². The van der Waals surface area contributed by atoms with E-state index >= 15 is 0 Å². The molecule has 0 bridgehead atoms. The lowest BCUT2D eigenvalue weighted by Crippen LogP contribution is -2.12. The Morgan fingerprint density at radius 1 is 1.27 bits per heavy atom. The summed E-state index contributed by atoms with van der Waals surface area (Å²) in [5, 5.41) is 2.75. The fourth-order valence-corrected chi connectivity index (χ4v) is 0.942. The van der Waals surface area contributed by atoms with Gasteiger partial charge in [-0.2, -0.15) is 4.98 Å². The number of nitrogens with one attached hydrogen (secondary N) is 2. The second-order valence-corrected chi connectivity index (χ2v) is 3.20. The first-order chi connectivity index (χ1) is 7.19. The summed E-state index contributed by atoms with van der Waals surface area (Å²) in [6.45, 7) is 0. The number of anilines is 1. The van der Waals surface area contributed by atoms with Gasteiger partial charge in [0, 0.05) is 14.1 Å². The Kier molecular flexibility index (Phi) is 3.99. The predicted octanol–water partition coefficient (Wildman–Crippen LogP) is 0.254. The number of rotatable bonds is 1. The number of aromatic nitrogens is 4. The molecule has 0 aliphatic carbocycles. The first-order valence-electron chi connectivity index (χ1n) is 4.61. The Morgan fingerprint density at radius 3 is 2.53 bits per heavy atom. The van der Waals surface area contributed by atoms with Crippen LogP contribution in [0.4, 0.5) is 5.95 Å². The summed E-state index contributed by atoms with van der Waals surface area (Å²) in [6, 6.07) is 0. The van der Waals surface area contributed by atoms with E-state index in [0.717, 1.165) is 5.52 Å². The predicted molar refractivity (Wildman–Crippen MR) is 61.0 cm³/mol. The molecule has 0 unspecified atom stereocenters. The monoisotopic (exact) mass is 208 g/mol. The molecule has 2 aromatic rings. The summed E-state index contributed by atoms with van der Waals surface area (Å²) in [5.41, 5.74) is 1.56. The number of hydrogen-bond acceptors (Lipinski definition) is 5. The van der Waals surface area contributed by atoms with Gasteiger partial charge in [0.15, 0.2) is 5.65 Å². The molecule has 82 valence electrons. The van der Waals surface area contributed by atoms with Crippen LogP contribution in [-0.4, -0.2) is 48.1 Å². The SMILES string of the molecule is CN(C)c1ncc2[nH]cnc2n1.CNC. The Labute approximate surface area is 88.8 Å². The molecule has 0 aromatic carbocycles. The lowest BCUT2D eigenvalue weighted by molar-refractivity contribution is 1.01. The summed E-state index contributed by atoms with van der Waals surface area (Å²) >= 11 is 0. The van der Waals surface area contributed by atoms with Crippen molar-refractivity contribution < 1.29 is 0 Å². The van der Waals surface area contributed by atoms with Crippen molar-refractivity contribution in [2.75, 3.05) is 33.1 Å². The summed E-state index contributed by atoms with van der Waals surface area (Å²) < 4.78 is 0. The van der Waals surface area contributed by atoms with Crippen LogP contribution in [0.15, 0.2) is 12.5 Å². The third-order valence-electron chi connectivity index (χ3n) is 1.56. The van der Waals surface area contributed by atoms with Crippen LogP contribution in [0.1, 0.15) is 0 Å². The fourth-order valence-electron chi connectivity index (χ4n) is 0.942. The van der Waals surface area contributed by atoms with E-state index in [0.29, 0.717) is 11.6 Å². The molecule has 2 rings (SSSR count). The van der Waals surface area contributed by atoms with Gasteiger partial charge in [-0.25, -0.2) is 9.97 Å². The van der Waals surface area contributed by atoms with Gasteiger partial charge >= 0.3 is 0 Å². The van der Waals surface area contributed by atoms with Crippen LogP contribution >= 0.6 is 0 Å². The normalized spacial score (nSPS) is 9.60. The molecule has 2 aromatic heterocycles. The molecule has 0 saturated carbocycles. The van der Waals surface area contributed by atoms with Crippen molar-refractivity contribution in [2.45, 2.75) is 0 Å². The zero-order valence-electron chi connectivity index (χ0n) is 9.44. The molecule has 0 saturated heterocycles. The molecular weight excluding hydrogens is 192 g/mol. The van der Waals surface area contributed by atoms with Gasteiger partial charge in [-0.1, -0.05) is 0 Å².